The molecule has 0 unspecified atom stereocenters. The van der Waals surface area contributed by atoms with Crippen LogP contribution in [0.4, 0.5) is 5.69 Å². The Balaban J connectivity index is 2.58. The van der Waals surface area contributed by atoms with E-state index < -0.39 is 0 Å². The van der Waals surface area contributed by atoms with Crippen molar-refractivity contribution in [2.75, 3.05) is 5.73 Å². The van der Waals surface area contributed by atoms with Gasteiger partial charge in [-0.05, 0) is 32.0 Å². The van der Waals surface area contributed by atoms with Gasteiger partial charge in [0, 0.05) is 0 Å². The van der Waals surface area contributed by atoms with Gasteiger partial charge in [0.2, 0.25) is 0 Å². The van der Waals surface area contributed by atoms with Crippen molar-refractivity contribution in [3.63, 3.8) is 0 Å². The number of halogens is 1. The molecule has 0 saturated carbocycles. The second-order valence-corrected chi connectivity index (χ2v) is 4.16. The number of hydrogen-bond acceptors (Lipinski definition) is 3. The topological polar surface area (TPSA) is 67.6 Å². The summed E-state index contributed by atoms with van der Waals surface area (Å²) in [4.78, 5) is 0. The molecule has 0 radical (unpaired) electrons. The Morgan fingerprint density at radius 2 is 2.12 bits per heavy atom. The molecule has 2 N–H and O–H groups in total. The van der Waals surface area contributed by atoms with Crippen molar-refractivity contribution < 1.29 is 0 Å². The summed E-state index contributed by atoms with van der Waals surface area (Å²) in [6.07, 6.45) is 0. The lowest BCUT2D eigenvalue weighted by molar-refractivity contribution is 0.834. The predicted octanol–water partition coefficient (Wildman–Crippen LogP) is 2.60. The second kappa shape index (κ2) is 4.11. The first-order valence-corrected chi connectivity index (χ1v) is 5.44. The number of aromatic nitrogens is 2. The Kier molecular flexibility index (Phi) is 2.78. The number of anilines is 1. The van der Waals surface area contributed by atoms with Gasteiger partial charge in [-0.3, -0.25) is 0 Å². The van der Waals surface area contributed by atoms with Gasteiger partial charge in [0.25, 0.3) is 0 Å². The number of rotatable bonds is 1. The summed E-state index contributed by atoms with van der Waals surface area (Å²) in [5.74, 6) is 0. The maximum absolute atomic E-state index is 8.81. The summed E-state index contributed by atoms with van der Waals surface area (Å²) in [6, 6.07) is 7.21. The van der Waals surface area contributed by atoms with Gasteiger partial charge in [-0.25, -0.2) is 4.68 Å². The molecule has 5 heteroatoms. The smallest absolute Gasteiger partial charge is 0.101 e. The van der Waals surface area contributed by atoms with E-state index in [0.717, 1.165) is 17.1 Å². The molecule has 2 rings (SSSR count). The molecule has 0 aliphatic heterocycles. The zero-order chi connectivity index (χ0) is 12.6. The maximum atomic E-state index is 8.81. The highest BCUT2D eigenvalue weighted by molar-refractivity contribution is 6.31. The van der Waals surface area contributed by atoms with Crippen LogP contribution in [0.5, 0.6) is 0 Å². The zero-order valence-electron chi connectivity index (χ0n) is 9.53. The number of hydrogen-bond donors (Lipinski definition) is 1. The average Bonchev–Trinajstić information content (AvgIpc) is 2.57. The van der Waals surface area contributed by atoms with Crippen molar-refractivity contribution in [2.45, 2.75) is 13.8 Å². The number of nitrogen functional groups attached to an aromatic ring is 1. The minimum Gasteiger partial charge on any atom is -0.398 e. The summed E-state index contributed by atoms with van der Waals surface area (Å²) < 4.78 is 1.72. The molecule has 0 spiro atoms. The molecule has 0 saturated heterocycles. The molecule has 0 atom stereocenters. The van der Waals surface area contributed by atoms with Gasteiger partial charge in [0.05, 0.1) is 33.3 Å². The van der Waals surface area contributed by atoms with E-state index in [1.807, 2.05) is 19.9 Å². The fourth-order valence-corrected chi connectivity index (χ4v) is 1.78. The first-order chi connectivity index (χ1) is 8.04. The minimum atomic E-state index is 0.439. The minimum absolute atomic E-state index is 0.439. The molecule has 1 aromatic carbocycles. The van der Waals surface area contributed by atoms with Crippen LogP contribution in [-0.2, 0) is 0 Å². The first-order valence-electron chi connectivity index (χ1n) is 5.06. The highest BCUT2D eigenvalue weighted by Crippen LogP contribution is 2.24. The molecular formula is C12H11ClN4. The number of aryl methyl sites for hydroxylation is 1. The standard InChI is InChI=1S/C12H11ClN4/c1-7-12(13)8(2)17(16-7)10-4-3-9(6-14)11(15)5-10/h3-5H,15H2,1-2H3. The quantitative estimate of drug-likeness (QED) is 0.787. The zero-order valence-corrected chi connectivity index (χ0v) is 10.3. The van der Waals surface area contributed by atoms with Crippen molar-refractivity contribution in [3.8, 4) is 11.8 Å². The predicted molar refractivity (Wildman–Crippen MR) is 67.2 cm³/mol. The van der Waals surface area contributed by atoms with Crippen molar-refractivity contribution in [3.05, 3.63) is 40.2 Å². The third-order valence-corrected chi connectivity index (χ3v) is 3.15. The summed E-state index contributed by atoms with van der Waals surface area (Å²) in [5.41, 5.74) is 9.09. The molecule has 0 aliphatic carbocycles. The third kappa shape index (κ3) is 1.85. The fraction of sp³-hybridized carbons (Fsp3) is 0.167. The fourth-order valence-electron chi connectivity index (χ4n) is 1.66. The van der Waals surface area contributed by atoms with Crippen molar-refractivity contribution in [1.29, 1.82) is 5.26 Å². The highest BCUT2D eigenvalue weighted by Gasteiger charge is 2.11. The van der Waals surface area contributed by atoms with E-state index in [1.165, 1.54) is 0 Å². The van der Waals surface area contributed by atoms with Crippen molar-refractivity contribution in [1.82, 2.24) is 9.78 Å². The van der Waals surface area contributed by atoms with Crippen molar-refractivity contribution in [2.24, 2.45) is 0 Å². The van der Waals surface area contributed by atoms with Gasteiger partial charge in [-0.1, -0.05) is 11.6 Å². The maximum Gasteiger partial charge on any atom is 0.101 e. The van der Waals surface area contributed by atoms with E-state index in [9.17, 15) is 0 Å². The van der Waals surface area contributed by atoms with Crippen LogP contribution in [0.2, 0.25) is 5.02 Å². The Morgan fingerprint density at radius 3 is 2.59 bits per heavy atom. The van der Waals surface area contributed by atoms with Gasteiger partial charge in [-0.15, -0.1) is 0 Å². The first kappa shape index (κ1) is 11.5. The largest absolute Gasteiger partial charge is 0.398 e. The Labute approximate surface area is 104 Å². The average molecular weight is 247 g/mol. The van der Waals surface area contributed by atoms with Crippen LogP contribution >= 0.6 is 11.6 Å². The number of nitrogens with zero attached hydrogens (tertiary/aromatic N) is 3. The molecule has 0 amide bonds. The summed E-state index contributed by atoms with van der Waals surface area (Å²) >= 11 is 6.08. The molecule has 0 bridgehead atoms. The molecule has 2 aromatic rings. The van der Waals surface area contributed by atoms with Gasteiger partial charge < -0.3 is 5.73 Å². The Morgan fingerprint density at radius 1 is 1.41 bits per heavy atom. The van der Waals surface area contributed by atoms with Crippen LogP contribution in [0.1, 0.15) is 17.0 Å². The second-order valence-electron chi connectivity index (χ2n) is 3.78. The SMILES string of the molecule is Cc1nn(-c2ccc(C#N)c(N)c2)c(C)c1Cl. The van der Waals surface area contributed by atoms with E-state index in [-0.39, 0.29) is 0 Å². The lowest BCUT2D eigenvalue weighted by atomic mass is 10.2. The highest BCUT2D eigenvalue weighted by atomic mass is 35.5. The molecular weight excluding hydrogens is 236 g/mol. The normalized spacial score (nSPS) is 10.2. The van der Waals surface area contributed by atoms with E-state index in [0.29, 0.717) is 16.3 Å². The van der Waals surface area contributed by atoms with E-state index in [4.69, 9.17) is 22.6 Å². The van der Waals surface area contributed by atoms with Crippen LogP contribution in [0.3, 0.4) is 0 Å². The molecule has 1 heterocycles. The van der Waals surface area contributed by atoms with Crippen LogP contribution in [-0.4, -0.2) is 9.78 Å². The number of nitriles is 1. The lowest BCUT2D eigenvalue weighted by Crippen LogP contribution is -2.01. The molecule has 4 nitrogen and oxygen atoms in total. The third-order valence-electron chi connectivity index (χ3n) is 2.60. The molecule has 1 aromatic heterocycles. The summed E-state index contributed by atoms with van der Waals surface area (Å²) in [6.45, 7) is 3.73. The molecule has 86 valence electrons. The van der Waals surface area contributed by atoms with Gasteiger partial charge >= 0.3 is 0 Å². The Bertz CT molecular complexity index is 622. The number of benzene rings is 1. The van der Waals surface area contributed by atoms with Crippen LogP contribution in [0, 0.1) is 25.2 Å². The summed E-state index contributed by atoms with van der Waals surface area (Å²) in [7, 11) is 0. The van der Waals surface area contributed by atoms with Gasteiger partial charge in [0.1, 0.15) is 6.07 Å². The number of nitrogens with two attached hydrogens (primary N) is 1. The van der Waals surface area contributed by atoms with E-state index in [1.54, 1.807) is 22.9 Å². The Hall–Kier alpha value is -1.99. The lowest BCUT2D eigenvalue weighted by Gasteiger charge is -2.06. The van der Waals surface area contributed by atoms with Crippen LogP contribution in [0.15, 0.2) is 18.2 Å². The van der Waals surface area contributed by atoms with Gasteiger partial charge in [0.15, 0.2) is 0 Å². The van der Waals surface area contributed by atoms with E-state index in [2.05, 4.69) is 5.10 Å². The van der Waals surface area contributed by atoms with E-state index >= 15 is 0 Å². The monoisotopic (exact) mass is 246 g/mol. The van der Waals surface area contributed by atoms with Gasteiger partial charge in [-0.2, -0.15) is 10.4 Å². The van der Waals surface area contributed by atoms with Crippen LogP contribution < -0.4 is 5.73 Å². The molecule has 17 heavy (non-hydrogen) atoms. The molecule has 0 aliphatic rings. The van der Waals surface area contributed by atoms with Crippen LogP contribution in [0.25, 0.3) is 5.69 Å². The molecule has 0 fully saturated rings. The summed E-state index contributed by atoms with van der Waals surface area (Å²) in [5, 5.41) is 13.8. The van der Waals surface area contributed by atoms with Crippen molar-refractivity contribution >= 4 is 17.3 Å².